The number of rotatable bonds is 4. The molecule has 2 atom stereocenters. The number of aromatic nitrogens is 1. The Balaban J connectivity index is 2.07. The fourth-order valence-electron chi connectivity index (χ4n) is 2.24. The smallest absolute Gasteiger partial charge is 0.0972 e. The number of nitrogens with zero attached hydrogens (tertiary/aromatic N) is 2. The second-order valence-electron chi connectivity index (χ2n) is 4.65. The fraction of sp³-hybridized carbons (Fsp3) is 0.750. The van der Waals surface area contributed by atoms with Gasteiger partial charge in [0.05, 0.1) is 17.3 Å². The van der Waals surface area contributed by atoms with Gasteiger partial charge in [-0.05, 0) is 26.4 Å². The Morgan fingerprint density at radius 1 is 1.69 bits per heavy atom. The van der Waals surface area contributed by atoms with Gasteiger partial charge in [0.1, 0.15) is 0 Å². The molecule has 0 aromatic carbocycles. The van der Waals surface area contributed by atoms with Crippen molar-refractivity contribution in [1.29, 1.82) is 0 Å². The molecule has 4 heteroatoms. The second-order valence-corrected chi connectivity index (χ2v) is 5.54. The molecule has 1 aliphatic rings. The Morgan fingerprint density at radius 3 is 3.06 bits per heavy atom. The number of hydrogen-bond acceptors (Lipinski definition) is 4. The van der Waals surface area contributed by atoms with E-state index in [2.05, 4.69) is 24.3 Å². The van der Waals surface area contributed by atoms with Crippen molar-refractivity contribution in [2.75, 3.05) is 26.7 Å². The van der Waals surface area contributed by atoms with Crippen LogP contribution in [0.2, 0.25) is 0 Å². The molecule has 1 N–H and O–H groups in total. The lowest BCUT2D eigenvalue weighted by molar-refractivity contribution is 0.260. The molecule has 16 heavy (non-hydrogen) atoms. The molecule has 0 aliphatic carbocycles. The van der Waals surface area contributed by atoms with E-state index in [1.54, 1.807) is 11.3 Å². The van der Waals surface area contributed by atoms with Crippen LogP contribution in [-0.4, -0.2) is 41.7 Å². The summed E-state index contributed by atoms with van der Waals surface area (Å²) in [7, 11) is 2.16. The number of aliphatic hydroxyl groups is 1. The third kappa shape index (κ3) is 2.44. The van der Waals surface area contributed by atoms with Crippen molar-refractivity contribution < 1.29 is 5.11 Å². The van der Waals surface area contributed by atoms with Crippen LogP contribution in [0.15, 0.2) is 5.38 Å². The number of likely N-dealkylation sites (N-methyl/N-ethyl adjacent to an activating group) is 1. The summed E-state index contributed by atoms with van der Waals surface area (Å²) < 4.78 is 0. The van der Waals surface area contributed by atoms with E-state index in [4.69, 9.17) is 4.98 Å². The molecule has 1 fully saturated rings. The molecule has 1 aliphatic heterocycles. The summed E-state index contributed by atoms with van der Waals surface area (Å²) in [5.74, 6) is 0.837. The fourth-order valence-corrected chi connectivity index (χ4v) is 3.27. The van der Waals surface area contributed by atoms with E-state index in [1.165, 1.54) is 18.0 Å². The van der Waals surface area contributed by atoms with E-state index in [1.807, 2.05) is 0 Å². The van der Waals surface area contributed by atoms with E-state index in [0.29, 0.717) is 5.92 Å². The maximum absolute atomic E-state index is 9.25. The van der Waals surface area contributed by atoms with Crippen molar-refractivity contribution in [3.05, 3.63) is 16.1 Å². The van der Waals surface area contributed by atoms with Crippen LogP contribution < -0.4 is 0 Å². The number of thiazole rings is 1. The van der Waals surface area contributed by atoms with Crippen molar-refractivity contribution in [3.8, 4) is 0 Å². The van der Waals surface area contributed by atoms with Gasteiger partial charge in [-0.3, -0.25) is 0 Å². The molecule has 1 saturated heterocycles. The maximum atomic E-state index is 9.25. The normalized spacial score (nSPS) is 23.8. The molecule has 2 unspecified atom stereocenters. The highest BCUT2D eigenvalue weighted by molar-refractivity contribution is 7.09. The molecule has 1 aromatic rings. The van der Waals surface area contributed by atoms with E-state index in [-0.39, 0.29) is 12.5 Å². The molecule has 0 amide bonds. The van der Waals surface area contributed by atoms with Gasteiger partial charge in [0.2, 0.25) is 0 Å². The first-order chi connectivity index (χ1) is 7.74. The van der Waals surface area contributed by atoms with Crippen LogP contribution in [-0.2, 0) is 0 Å². The highest BCUT2D eigenvalue weighted by atomic mass is 32.1. The number of likely N-dealkylation sites (tertiary alicyclic amines) is 1. The monoisotopic (exact) mass is 240 g/mol. The third-order valence-electron chi connectivity index (χ3n) is 3.41. The topological polar surface area (TPSA) is 36.4 Å². The van der Waals surface area contributed by atoms with Crippen LogP contribution in [0, 0.1) is 0 Å². The molecule has 0 radical (unpaired) electrons. The highest BCUT2D eigenvalue weighted by Gasteiger charge is 2.24. The minimum absolute atomic E-state index is 0.213. The van der Waals surface area contributed by atoms with Gasteiger partial charge in [-0.25, -0.2) is 4.98 Å². The van der Waals surface area contributed by atoms with Gasteiger partial charge in [0.15, 0.2) is 0 Å². The first kappa shape index (κ1) is 12.0. The summed E-state index contributed by atoms with van der Waals surface area (Å²) in [5.41, 5.74) is 1.08. The Bertz CT molecular complexity index is 336. The van der Waals surface area contributed by atoms with E-state index in [0.717, 1.165) is 18.7 Å². The average Bonchev–Trinajstić information content (AvgIpc) is 2.89. The average molecular weight is 240 g/mol. The second kappa shape index (κ2) is 5.25. The van der Waals surface area contributed by atoms with Crippen molar-refractivity contribution in [2.24, 2.45) is 0 Å². The van der Waals surface area contributed by atoms with Crippen molar-refractivity contribution in [3.63, 3.8) is 0 Å². The van der Waals surface area contributed by atoms with E-state index >= 15 is 0 Å². The van der Waals surface area contributed by atoms with E-state index in [9.17, 15) is 5.11 Å². The van der Waals surface area contributed by atoms with Crippen LogP contribution >= 0.6 is 11.3 Å². The predicted octanol–water partition coefficient (Wildman–Crippen LogP) is 2.05. The van der Waals surface area contributed by atoms with Crippen molar-refractivity contribution in [2.45, 2.75) is 31.6 Å². The zero-order valence-electron chi connectivity index (χ0n) is 10.0. The Labute approximate surface area is 101 Å². The van der Waals surface area contributed by atoms with Gasteiger partial charge >= 0.3 is 0 Å². The lowest BCUT2D eigenvalue weighted by Gasteiger charge is -2.09. The summed E-state index contributed by atoms with van der Waals surface area (Å²) in [6, 6.07) is 0. The minimum atomic E-state index is 0.213. The summed E-state index contributed by atoms with van der Waals surface area (Å²) in [6.45, 7) is 4.62. The van der Waals surface area contributed by atoms with Crippen LogP contribution in [0.25, 0.3) is 0 Å². The molecule has 0 bridgehead atoms. The quantitative estimate of drug-likeness (QED) is 0.875. The molecule has 1 aromatic heterocycles. The lowest BCUT2D eigenvalue weighted by atomic mass is 10.0. The zero-order chi connectivity index (χ0) is 11.5. The lowest BCUT2D eigenvalue weighted by Crippen LogP contribution is -2.13. The van der Waals surface area contributed by atoms with Gasteiger partial charge in [-0.15, -0.1) is 11.3 Å². The van der Waals surface area contributed by atoms with E-state index < -0.39 is 0 Å². The molecule has 2 heterocycles. The van der Waals surface area contributed by atoms with Crippen LogP contribution in [0.1, 0.15) is 42.3 Å². The largest absolute Gasteiger partial charge is 0.396 e. The molecular formula is C12H20N2OS. The van der Waals surface area contributed by atoms with Crippen molar-refractivity contribution >= 4 is 11.3 Å². The van der Waals surface area contributed by atoms with Crippen molar-refractivity contribution in [1.82, 2.24) is 9.88 Å². The molecule has 2 rings (SSSR count). The molecule has 90 valence electrons. The van der Waals surface area contributed by atoms with Gasteiger partial charge in [-0.2, -0.15) is 0 Å². The summed E-state index contributed by atoms with van der Waals surface area (Å²) >= 11 is 1.76. The summed E-state index contributed by atoms with van der Waals surface area (Å²) in [6.07, 6.45) is 2.18. The van der Waals surface area contributed by atoms with Gasteiger partial charge in [0.25, 0.3) is 0 Å². The Kier molecular flexibility index (Phi) is 3.95. The third-order valence-corrected chi connectivity index (χ3v) is 4.44. The van der Waals surface area contributed by atoms with Crippen LogP contribution in [0.3, 0.4) is 0 Å². The van der Waals surface area contributed by atoms with Gasteiger partial charge < -0.3 is 10.0 Å². The highest BCUT2D eigenvalue weighted by Crippen LogP contribution is 2.31. The first-order valence-electron chi connectivity index (χ1n) is 5.99. The standard InChI is InChI=1S/C12H20N2OS/c1-3-9(7-15)11-8-16-12(13-11)10-4-5-14(2)6-10/h8-10,15H,3-7H2,1-2H3. The Hall–Kier alpha value is -0.450. The van der Waals surface area contributed by atoms with Crippen LogP contribution in [0.5, 0.6) is 0 Å². The van der Waals surface area contributed by atoms with Crippen LogP contribution in [0.4, 0.5) is 0 Å². The molecule has 0 saturated carbocycles. The predicted molar refractivity (Wildman–Crippen MR) is 67.1 cm³/mol. The minimum Gasteiger partial charge on any atom is -0.396 e. The summed E-state index contributed by atoms with van der Waals surface area (Å²) in [5, 5.41) is 12.6. The molecule has 3 nitrogen and oxygen atoms in total. The molecular weight excluding hydrogens is 220 g/mol. The summed E-state index contributed by atoms with van der Waals surface area (Å²) in [4.78, 5) is 7.06. The van der Waals surface area contributed by atoms with Gasteiger partial charge in [0, 0.05) is 23.8 Å². The Morgan fingerprint density at radius 2 is 2.50 bits per heavy atom. The zero-order valence-corrected chi connectivity index (χ0v) is 10.8. The maximum Gasteiger partial charge on any atom is 0.0972 e. The SMILES string of the molecule is CCC(CO)c1csc(C2CCN(C)C2)n1. The first-order valence-corrected chi connectivity index (χ1v) is 6.87. The number of aliphatic hydroxyl groups excluding tert-OH is 1. The molecule has 0 spiro atoms. The van der Waals surface area contributed by atoms with Gasteiger partial charge in [-0.1, -0.05) is 6.92 Å². The number of hydrogen-bond donors (Lipinski definition) is 1.